The summed E-state index contributed by atoms with van der Waals surface area (Å²) in [4.78, 5) is 16.2. The molecule has 4 aromatic rings. The number of amides is 1. The van der Waals surface area contributed by atoms with Crippen LogP contribution in [0.3, 0.4) is 0 Å². The van der Waals surface area contributed by atoms with Crippen molar-refractivity contribution in [3.63, 3.8) is 0 Å². The molecule has 0 radical (unpaired) electrons. The van der Waals surface area contributed by atoms with Crippen LogP contribution in [0.4, 0.5) is 17.1 Å². The monoisotopic (exact) mass is 464 g/mol. The molecule has 0 atom stereocenters. The van der Waals surface area contributed by atoms with E-state index in [1.165, 1.54) is 5.56 Å². The summed E-state index contributed by atoms with van der Waals surface area (Å²) >= 11 is 0. The van der Waals surface area contributed by atoms with Crippen LogP contribution >= 0.6 is 0 Å². The Morgan fingerprint density at radius 1 is 1.00 bits per heavy atom. The molecule has 1 aliphatic heterocycles. The zero-order valence-corrected chi connectivity index (χ0v) is 20.1. The van der Waals surface area contributed by atoms with E-state index in [9.17, 15) is 4.79 Å². The van der Waals surface area contributed by atoms with Gasteiger partial charge < -0.3 is 20.9 Å². The molecule has 0 saturated heterocycles. The quantitative estimate of drug-likeness (QED) is 0.290. The van der Waals surface area contributed by atoms with Gasteiger partial charge in [-0.15, -0.1) is 0 Å². The highest BCUT2D eigenvalue weighted by atomic mass is 16.5. The Labute approximate surface area is 205 Å². The standard InChI is InChI=1S/C29H28N4O2/c1-5-18-10-11-20(29(2,3)4)15-25(18)33-32-24-13-12-21(22-8-6-7-9-23(22)24)19-14-26-28(30-16-19)35-17-27(34)31-26/h5-16,32-33H,1,17H2,2-4H3,(H,31,34). The number of carbonyl (C=O) groups is 1. The van der Waals surface area contributed by atoms with Crippen molar-refractivity contribution in [2.75, 3.05) is 22.8 Å². The van der Waals surface area contributed by atoms with E-state index in [-0.39, 0.29) is 17.9 Å². The molecular weight excluding hydrogens is 436 g/mol. The first-order chi connectivity index (χ1) is 16.8. The number of aromatic nitrogens is 1. The number of nitrogens with zero attached hydrogens (tertiary/aromatic N) is 1. The van der Waals surface area contributed by atoms with Crippen LogP contribution in [0.25, 0.3) is 28.0 Å². The predicted molar refractivity (Wildman–Crippen MR) is 144 cm³/mol. The van der Waals surface area contributed by atoms with Gasteiger partial charge in [-0.2, -0.15) is 0 Å². The number of nitrogens with one attached hydrogen (secondary N) is 3. The van der Waals surface area contributed by atoms with E-state index in [0.717, 1.165) is 38.8 Å². The third-order valence-electron chi connectivity index (χ3n) is 6.17. The Morgan fingerprint density at radius 2 is 1.77 bits per heavy atom. The minimum absolute atomic E-state index is 0.0120. The molecule has 0 saturated carbocycles. The molecule has 176 valence electrons. The van der Waals surface area contributed by atoms with Gasteiger partial charge in [-0.25, -0.2) is 4.98 Å². The molecule has 1 amide bonds. The number of ether oxygens (including phenoxy) is 1. The average molecular weight is 465 g/mol. The van der Waals surface area contributed by atoms with Crippen LogP contribution < -0.4 is 20.9 Å². The summed E-state index contributed by atoms with van der Waals surface area (Å²) in [5.41, 5.74) is 13.5. The van der Waals surface area contributed by atoms with Crippen molar-refractivity contribution in [2.24, 2.45) is 0 Å². The van der Waals surface area contributed by atoms with E-state index >= 15 is 0 Å². The molecule has 0 aliphatic carbocycles. The van der Waals surface area contributed by atoms with Crippen LogP contribution in [0.15, 0.2) is 73.4 Å². The van der Waals surface area contributed by atoms with Crippen LogP contribution in [0.1, 0.15) is 31.9 Å². The number of carbonyl (C=O) groups excluding carboxylic acids is 1. The van der Waals surface area contributed by atoms with Crippen LogP contribution in [-0.4, -0.2) is 17.5 Å². The molecule has 35 heavy (non-hydrogen) atoms. The van der Waals surface area contributed by atoms with Gasteiger partial charge in [0.1, 0.15) is 5.69 Å². The normalized spacial score (nSPS) is 12.9. The Hall–Kier alpha value is -4.32. The van der Waals surface area contributed by atoms with Crippen molar-refractivity contribution in [3.05, 3.63) is 84.6 Å². The highest BCUT2D eigenvalue weighted by molar-refractivity contribution is 6.04. The van der Waals surface area contributed by atoms with E-state index in [0.29, 0.717) is 11.6 Å². The first kappa shape index (κ1) is 22.5. The second kappa shape index (κ2) is 8.80. The fourth-order valence-corrected chi connectivity index (χ4v) is 4.23. The van der Waals surface area contributed by atoms with E-state index in [4.69, 9.17) is 4.74 Å². The average Bonchev–Trinajstić information content (AvgIpc) is 2.86. The maximum Gasteiger partial charge on any atom is 0.262 e. The molecule has 3 aromatic carbocycles. The molecule has 3 N–H and O–H groups in total. The van der Waals surface area contributed by atoms with E-state index < -0.39 is 0 Å². The fourth-order valence-electron chi connectivity index (χ4n) is 4.23. The zero-order chi connectivity index (χ0) is 24.6. The summed E-state index contributed by atoms with van der Waals surface area (Å²) in [5, 5.41) is 4.96. The molecule has 2 heterocycles. The van der Waals surface area contributed by atoms with Gasteiger partial charge in [-0.1, -0.05) is 75.9 Å². The Bertz CT molecular complexity index is 1450. The largest absolute Gasteiger partial charge is 0.466 e. The highest BCUT2D eigenvalue weighted by Crippen LogP contribution is 2.36. The van der Waals surface area contributed by atoms with Gasteiger partial charge in [-0.3, -0.25) is 4.79 Å². The van der Waals surface area contributed by atoms with E-state index in [2.05, 4.69) is 84.9 Å². The van der Waals surface area contributed by atoms with Gasteiger partial charge >= 0.3 is 0 Å². The summed E-state index contributed by atoms with van der Waals surface area (Å²) in [7, 11) is 0. The lowest BCUT2D eigenvalue weighted by Crippen LogP contribution is -2.25. The van der Waals surface area contributed by atoms with Gasteiger partial charge in [0.15, 0.2) is 6.61 Å². The fraction of sp³-hybridized carbons (Fsp3) is 0.172. The lowest BCUT2D eigenvalue weighted by Gasteiger charge is -2.22. The lowest BCUT2D eigenvalue weighted by atomic mass is 9.86. The van der Waals surface area contributed by atoms with Crippen molar-refractivity contribution in [1.29, 1.82) is 0 Å². The maximum atomic E-state index is 11.8. The molecule has 6 nitrogen and oxygen atoms in total. The van der Waals surface area contributed by atoms with Crippen molar-refractivity contribution >= 4 is 39.8 Å². The first-order valence-electron chi connectivity index (χ1n) is 11.6. The number of hydrogen-bond acceptors (Lipinski definition) is 5. The van der Waals surface area contributed by atoms with E-state index in [1.54, 1.807) is 6.20 Å². The van der Waals surface area contributed by atoms with Crippen molar-refractivity contribution < 1.29 is 9.53 Å². The molecule has 0 spiro atoms. The SMILES string of the molecule is C=Cc1ccc(C(C)(C)C)cc1NNc1ccc(-c2cnc3c(c2)NC(=O)CO3)c2ccccc12. The number of hydrogen-bond donors (Lipinski definition) is 3. The van der Waals surface area contributed by atoms with Crippen molar-refractivity contribution in [1.82, 2.24) is 4.98 Å². The predicted octanol–water partition coefficient (Wildman–Crippen LogP) is 6.61. The number of rotatable bonds is 5. The molecule has 5 rings (SSSR count). The zero-order valence-electron chi connectivity index (χ0n) is 20.1. The topological polar surface area (TPSA) is 75.3 Å². The smallest absolute Gasteiger partial charge is 0.262 e. The Kier molecular flexibility index (Phi) is 5.65. The first-order valence-corrected chi connectivity index (χ1v) is 11.6. The molecule has 6 heteroatoms. The summed E-state index contributed by atoms with van der Waals surface area (Å²) < 4.78 is 5.41. The lowest BCUT2D eigenvalue weighted by molar-refractivity contribution is -0.118. The molecule has 0 bridgehead atoms. The van der Waals surface area contributed by atoms with Crippen LogP contribution in [0, 0.1) is 0 Å². The summed E-state index contributed by atoms with van der Waals surface area (Å²) in [6.45, 7) is 10.6. The highest BCUT2D eigenvalue weighted by Gasteiger charge is 2.19. The number of benzene rings is 3. The van der Waals surface area contributed by atoms with Gasteiger partial charge in [0.2, 0.25) is 5.88 Å². The third-order valence-corrected chi connectivity index (χ3v) is 6.17. The van der Waals surface area contributed by atoms with Gasteiger partial charge in [0.25, 0.3) is 5.91 Å². The van der Waals surface area contributed by atoms with Crippen molar-refractivity contribution in [2.45, 2.75) is 26.2 Å². The van der Waals surface area contributed by atoms with Crippen LogP contribution in [0.2, 0.25) is 0 Å². The molecule has 1 aliphatic rings. The van der Waals surface area contributed by atoms with Crippen LogP contribution in [-0.2, 0) is 10.2 Å². The third kappa shape index (κ3) is 4.43. The second-order valence-electron chi connectivity index (χ2n) is 9.63. The number of hydrazine groups is 1. The van der Waals surface area contributed by atoms with Crippen molar-refractivity contribution in [3.8, 4) is 17.0 Å². The second-order valence-corrected chi connectivity index (χ2v) is 9.63. The number of anilines is 3. The molecule has 1 aromatic heterocycles. The molecule has 0 fully saturated rings. The summed E-state index contributed by atoms with van der Waals surface area (Å²) in [5.74, 6) is 0.261. The summed E-state index contributed by atoms with van der Waals surface area (Å²) in [6.07, 6.45) is 3.63. The van der Waals surface area contributed by atoms with Crippen LogP contribution in [0.5, 0.6) is 5.88 Å². The minimum Gasteiger partial charge on any atom is -0.466 e. The Morgan fingerprint density at radius 3 is 2.54 bits per heavy atom. The molecular formula is C29H28N4O2. The number of fused-ring (bicyclic) bond motifs is 2. The Balaban J connectivity index is 1.50. The maximum absolute atomic E-state index is 11.8. The minimum atomic E-state index is -0.179. The number of pyridine rings is 1. The molecule has 0 unspecified atom stereocenters. The van der Waals surface area contributed by atoms with Gasteiger partial charge in [0, 0.05) is 17.1 Å². The van der Waals surface area contributed by atoms with Gasteiger partial charge in [-0.05, 0) is 45.7 Å². The van der Waals surface area contributed by atoms with Gasteiger partial charge in [0.05, 0.1) is 11.4 Å². The van der Waals surface area contributed by atoms with E-state index in [1.807, 2.05) is 30.3 Å². The summed E-state index contributed by atoms with van der Waals surface area (Å²) in [6, 6.07) is 20.6.